The largest absolute Gasteiger partial charge is 0.348 e. The van der Waals surface area contributed by atoms with E-state index in [1.54, 1.807) is 0 Å². The molecule has 1 atom stereocenters. The normalized spacial score (nSPS) is 22.1. The highest BCUT2D eigenvalue weighted by atomic mass is 32.1. The molecule has 2 rings (SSSR count). The Bertz CT molecular complexity index is 428. The van der Waals surface area contributed by atoms with Gasteiger partial charge in [-0.15, -0.1) is 11.3 Å². The number of aromatic nitrogens is 1. The molecule has 100 valence electrons. The first kappa shape index (κ1) is 13.5. The number of hydrogen-bond donors (Lipinski definition) is 2. The summed E-state index contributed by atoms with van der Waals surface area (Å²) in [5.74, 6) is -0.0442. The summed E-state index contributed by atoms with van der Waals surface area (Å²) in [5, 5.41) is 5.84. The average Bonchev–Trinajstić information content (AvgIpc) is 2.86. The Morgan fingerprint density at radius 1 is 1.67 bits per heavy atom. The van der Waals surface area contributed by atoms with Crippen LogP contribution in [0.1, 0.15) is 48.6 Å². The Morgan fingerprint density at radius 3 is 3.06 bits per heavy atom. The number of nitrogens with zero attached hydrogens (tertiary/aromatic N) is 1. The molecule has 1 saturated carbocycles. The van der Waals surface area contributed by atoms with E-state index in [2.05, 4.69) is 24.1 Å². The van der Waals surface area contributed by atoms with Gasteiger partial charge < -0.3 is 11.1 Å². The fourth-order valence-electron chi connectivity index (χ4n) is 2.47. The summed E-state index contributed by atoms with van der Waals surface area (Å²) in [6.45, 7) is 5.08. The van der Waals surface area contributed by atoms with Crippen LogP contribution < -0.4 is 11.1 Å². The van der Waals surface area contributed by atoms with Gasteiger partial charge in [-0.05, 0) is 31.2 Å². The topological polar surface area (TPSA) is 68.0 Å². The first-order valence-corrected chi connectivity index (χ1v) is 7.33. The molecule has 1 aromatic rings. The Balaban J connectivity index is 1.91. The third kappa shape index (κ3) is 3.29. The van der Waals surface area contributed by atoms with Crippen molar-refractivity contribution in [1.82, 2.24) is 10.3 Å². The molecule has 3 N–H and O–H groups in total. The molecule has 0 spiro atoms. The van der Waals surface area contributed by atoms with Crippen LogP contribution in [0.2, 0.25) is 0 Å². The van der Waals surface area contributed by atoms with Gasteiger partial charge in [0.1, 0.15) is 5.69 Å². The number of nitrogens with two attached hydrogens (primary N) is 1. The average molecular weight is 267 g/mol. The second-order valence-corrected chi connectivity index (χ2v) is 6.69. The van der Waals surface area contributed by atoms with Crippen LogP contribution in [0.15, 0.2) is 5.38 Å². The quantitative estimate of drug-likeness (QED) is 0.876. The number of hydrogen-bond acceptors (Lipinski definition) is 4. The van der Waals surface area contributed by atoms with Crippen LogP contribution in [-0.4, -0.2) is 23.5 Å². The van der Waals surface area contributed by atoms with E-state index in [0.717, 1.165) is 24.3 Å². The molecular weight excluding hydrogens is 246 g/mol. The minimum atomic E-state index is -0.0442. The third-order valence-corrected chi connectivity index (χ3v) is 4.35. The zero-order valence-corrected chi connectivity index (χ0v) is 11.8. The molecule has 1 fully saturated rings. The van der Waals surface area contributed by atoms with Crippen LogP contribution in [0.4, 0.5) is 0 Å². The Kier molecular flexibility index (Phi) is 4.02. The molecule has 0 aliphatic heterocycles. The Labute approximate surface area is 112 Å². The molecular formula is C13H21N3OS. The number of nitrogens with one attached hydrogen (secondary N) is 1. The van der Waals surface area contributed by atoms with Gasteiger partial charge in [-0.2, -0.15) is 0 Å². The summed E-state index contributed by atoms with van der Waals surface area (Å²) in [6.07, 6.45) is 4.04. The monoisotopic (exact) mass is 267 g/mol. The molecule has 1 heterocycles. The molecule has 5 heteroatoms. The molecule has 0 aromatic carbocycles. The predicted octanol–water partition coefficient (Wildman–Crippen LogP) is 1.95. The second kappa shape index (κ2) is 5.36. The maximum atomic E-state index is 12.0. The highest BCUT2D eigenvalue weighted by molar-refractivity contribution is 7.09. The van der Waals surface area contributed by atoms with Crippen molar-refractivity contribution in [3.8, 4) is 0 Å². The van der Waals surface area contributed by atoms with E-state index in [1.807, 2.05) is 5.38 Å². The Hall–Kier alpha value is -0.940. The van der Waals surface area contributed by atoms with Crippen molar-refractivity contribution in [2.45, 2.75) is 45.6 Å². The van der Waals surface area contributed by atoms with Crippen LogP contribution in [0, 0.1) is 5.41 Å². The smallest absolute Gasteiger partial charge is 0.270 e. The van der Waals surface area contributed by atoms with E-state index < -0.39 is 0 Å². The van der Waals surface area contributed by atoms with E-state index in [4.69, 9.17) is 5.73 Å². The molecule has 1 aromatic heterocycles. The number of carbonyl (C=O) groups excluding carboxylic acids is 1. The first-order chi connectivity index (χ1) is 8.50. The SMILES string of the molecule is CC1(C)CCC(NC(=O)c2csc(CCN)n2)C1. The molecule has 0 radical (unpaired) electrons. The van der Waals surface area contributed by atoms with Gasteiger partial charge in [-0.25, -0.2) is 4.98 Å². The molecule has 4 nitrogen and oxygen atoms in total. The van der Waals surface area contributed by atoms with Gasteiger partial charge >= 0.3 is 0 Å². The van der Waals surface area contributed by atoms with Crippen LogP contribution in [0.5, 0.6) is 0 Å². The predicted molar refractivity (Wildman–Crippen MR) is 73.8 cm³/mol. The first-order valence-electron chi connectivity index (χ1n) is 6.45. The van der Waals surface area contributed by atoms with E-state index in [9.17, 15) is 4.79 Å². The van der Waals surface area contributed by atoms with Crippen molar-refractivity contribution in [3.63, 3.8) is 0 Å². The van der Waals surface area contributed by atoms with E-state index in [1.165, 1.54) is 17.8 Å². The number of carbonyl (C=O) groups is 1. The van der Waals surface area contributed by atoms with Crippen molar-refractivity contribution < 1.29 is 4.79 Å². The maximum absolute atomic E-state index is 12.0. The lowest BCUT2D eigenvalue weighted by molar-refractivity contribution is 0.0931. The van der Waals surface area contributed by atoms with E-state index in [-0.39, 0.29) is 5.91 Å². The van der Waals surface area contributed by atoms with Crippen molar-refractivity contribution in [2.75, 3.05) is 6.54 Å². The summed E-state index contributed by atoms with van der Waals surface area (Å²) in [4.78, 5) is 16.3. The maximum Gasteiger partial charge on any atom is 0.270 e. The number of thiazole rings is 1. The summed E-state index contributed by atoms with van der Waals surface area (Å²) in [7, 11) is 0. The van der Waals surface area contributed by atoms with Crippen molar-refractivity contribution >= 4 is 17.2 Å². The zero-order valence-electron chi connectivity index (χ0n) is 11.0. The van der Waals surface area contributed by atoms with Crippen molar-refractivity contribution in [2.24, 2.45) is 11.1 Å². The van der Waals surface area contributed by atoms with Gasteiger partial charge in [0.05, 0.1) is 5.01 Å². The lowest BCUT2D eigenvalue weighted by atomic mass is 9.92. The van der Waals surface area contributed by atoms with E-state index in [0.29, 0.717) is 23.7 Å². The number of amides is 1. The lowest BCUT2D eigenvalue weighted by Gasteiger charge is -2.17. The molecule has 1 aliphatic carbocycles. The summed E-state index contributed by atoms with van der Waals surface area (Å²) in [5.41, 5.74) is 6.36. The lowest BCUT2D eigenvalue weighted by Crippen LogP contribution is -2.33. The standard InChI is InChI=1S/C13H21N3OS/c1-13(2)5-3-9(7-13)15-12(17)10-8-18-11(16-10)4-6-14/h8-9H,3-7,14H2,1-2H3,(H,15,17). The summed E-state index contributed by atoms with van der Waals surface area (Å²) in [6, 6.07) is 0.298. The van der Waals surface area contributed by atoms with Gasteiger partial charge in [0.25, 0.3) is 5.91 Å². The third-order valence-electron chi connectivity index (χ3n) is 3.45. The van der Waals surface area contributed by atoms with Gasteiger partial charge in [-0.3, -0.25) is 4.79 Å². The van der Waals surface area contributed by atoms with Gasteiger partial charge in [0.2, 0.25) is 0 Å². The summed E-state index contributed by atoms with van der Waals surface area (Å²) < 4.78 is 0. The van der Waals surface area contributed by atoms with Gasteiger partial charge in [0, 0.05) is 17.8 Å². The van der Waals surface area contributed by atoms with Crippen molar-refractivity contribution in [1.29, 1.82) is 0 Å². The van der Waals surface area contributed by atoms with E-state index >= 15 is 0 Å². The Morgan fingerprint density at radius 2 is 2.44 bits per heavy atom. The number of rotatable bonds is 4. The fourth-order valence-corrected chi connectivity index (χ4v) is 3.27. The van der Waals surface area contributed by atoms with Crippen molar-refractivity contribution in [3.05, 3.63) is 16.1 Å². The van der Waals surface area contributed by atoms with Crippen LogP contribution in [0.3, 0.4) is 0 Å². The highest BCUT2D eigenvalue weighted by Crippen LogP contribution is 2.36. The molecule has 0 saturated heterocycles. The molecule has 1 amide bonds. The minimum absolute atomic E-state index is 0.0442. The summed E-state index contributed by atoms with van der Waals surface area (Å²) >= 11 is 1.51. The second-order valence-electron chi connectivity index (χ2n) is 5.74. The van der Waals surface area contributed by atoms with Crippen LogP contribution >= 0.6 is 11.3 Å². The minimum Gasteiger partial charge on any atom is -0.348 e. The molecule has 1 aliphatic rings. The van der Waals surface area contributed by atoms with Crippen LogP contribution in [-0.2, 0) is 6.42 Å². The van der Waals surface area contributed by atoms with Crippen LogP contribution in [0.25, 0.3) is 0 Å². The fraction of sp³-hybridized carbons (Fsp3) is 0.692. The van der Waals surface area contributed by atoms with Gasteiger partial charge in [0.15, 0.2) is 0 Å². The molecule has 1 unspecified atom stereocenters. The molecule has 18 heavy (non-hydrogen) atoms. The highest BCUT2D eigenvalue weighted by Gasteiger charge is 2.32. The zero-order chi connectivity index (χ0) is 13.2. The molecule has 0 bridgehead atoms. The van der Waals surface area contributed by atoms with Gasteiger partial charge in [-0.1, -0.05) is 13.8 Å².